The molecular weight excluding hydrogens is 162 g/mol. The van der Waals surface area contributed by atoms with E-state index in [2.05, 4.69) is 14.1 Å². The van der Waals surface area contributed by atoms with Crippen molar-refractivity contribution in [3.63, 3.8) is 0 Å². The molecule has 0 aliphatic rings. The molecule has 0 saturated heterocycles. The number of amides is 1. The summed E-state index contributed by atoms with van der Waals surface area (Å²) >= 11 is 1.04. The summed E-state index contributed by atoms with van der Waals surface area (Å²) in [6.45, 7) is 2.69. The molecule has 1 amide bonds. The molecule has 0 aliphatic carbocycles. The number of carbonyl (C=O) groups is 1. The Morgan fingerprint density at radius 1 is 1.82 bits per heavy atom. The molecule has 0 fully saturated rings. The van der Waals surface area contributed by atoms with Crippen LogP contribution < -0.4 is 5.32 Å². The van der Waals surface area contributed by atoms with Crippen molar-refractivity contribution in [1.29, 1.82) is 0 Å². The van der Waals surface area contributed by atoms with Crippen LogP contribution in [-0.4, -0.2) is 21.2 Å². The van der Waals surface area contributed by atoms with Gasteiger partial charge in [-0.05, 0) is 6.42 Å². The fraction of sp³-hybridized carbons (Fsp3) is 0.500. The van der Waals surface area contributed by atoms with Crippen LogP contribution in [0.4, 0.5) is 0 Å². The van der Waals surface area contributed by atoms with Crippen LogP contribution in [0.1, 0.15) is 23.8 Å². The lowest BCUT2D eigenvalue weighted by Crippen LogP contribution is -2.24. The van der Waals surface area contributed by atoms with Crippen LogP contribution in [-0.2, 0) is 0 Å². The Bertz CT molecular complexity index is 222. The molecule has 4 nitrogen and oxygen atoms in total. The molecule has 0 atom stereocenters. The van der Waals surface area contributed by atoms with E-state index in [-0.39, 0.29) is 5.91 Å². The average Bonchev–Trinajstić information content (AvgIpc) is 2.52. The maximum Gasteiger partial charge on any atom is 0.272 e. The van der Waals surface area contributed by atoms with E-state index < -0.39 is 0 Å². The van der Waals surface area contributed by atoms with Crippen molar-refractivity contribution in [3.8, 4) is 0 Å². The summed E-state index contributed by atoms with van der Waals surface area (Å²) in [6, 6.07) is 0. The first kappa shape index (κ1) is 8.13. The second-order valence-electron chi connectivity index (χ2n) is 2.05. The number of carbonyl (C=O) groups excluding carboxylic acids is 1. The number of aromatic nitrogens is 2. The first-order valence-corrected chi connectivity index (χ1v) is 4.13. The second-order valence-corrected chi connectivity index (χ2v) is 2.61. The zero-order valence-corrected chi connectivity index (χ0v) is 7.02. The molecule has 0 aliphatic heterocycles. The van der Waals surface area contributed by atoms with Crippen molar-refractivity contribution in [3.05, 3.63) is 11.9 Å². The van der Waals surface area contributed by atoms with E-state index >= 15 is 0 Å². The molecule has 11 heavy (non-hydrogen) atoms. The minimum Gasteiger partial charge on any atom is -0.351 e. The Morgan fingerprint density at radius 2 is 2.64 bits per heavy atom. The van der Waals surface area contributed by atoms with Gasteiger partial charge in [-0.1, -0.05) is 6.92 Å². The van der Waals surface area contributed by atoms with E-state index in [1.807, 2.05) is 6.92 Å². The maximum absolute atomic E-state index is 11.1. The monoisotopic (exact) mass is 171 g/mol. The summed E-state index contributed by atoms with van der Waals surface area (Å²) in [5.74, 6) is -0.138. The van der Waals surface area contributed by atoms with Crippen LogP contribution >= 0.6 is 11.7 Å². The largest absolute Gasteiger partial charge is 0.351 e. The number of hydrogen-bond acceptors (Lipinski definition) is 4. The van der Waals surface area contributed by atoms with Gasteiger partial charge in [0.2, 0.25) is 0 Å². The highest BCUT2D eigenvalue weighted by Gasteiger charge is 2.05. The Balaban J connectivity index is 2.43. The number of nitrogens with one attached hydrogen (secondary N) is 1. The number of rotatable bonds is 3. The van der Waals surface area contributed by atoms with Gasteiger partial charge in [0.15, 0.2) is 5.69 Å². The molecular formula is C6H9N3OS. The fourth-order valence-electron chi connectivity index (χ4n) is 0.594. The zero-order valence-electron chi connectivity index (χ0n) is 6.20. The van der Waals surface area contributed by atoms with Gasteiger partial charge in [-0.2, -0.15) is 8.75 Å². The highest BCUT2D eigenvalue weighted by atomic mass is 32.1. The Hall–Kier alpha value is -0.970. The molecule has 1 aromatic rings. The molecule has 0 spiro atoms. The van der Waals surface area contributed by atoms with Crippen molar-refractivity contribution < 1.29 is 4.79 Å². The molecule has 5 heteroatoms. The number of nitrogens with zero attached hydrogens (tertiary/aromatic N) is 2. The first-order chi connectivity index (χ1) is 5.34. The van der Waals surface area contributed by atoms with E-state index in [4.69, 9.17) is 0 Å². The van der Waals surface area contributed by atoms with Gasteiger partial charge >= 0.3 is 0 Å². The van der Waals surface area contributed by atoms with Gasteiger partial charge in [-0.15, -0.1) is 0 Å². The maximum atomic E-state index is 11.1. The Kier molecular flexibility index (Phi) is 2.97. The van der Waals surface area contributed by atoms with Crippen LogP contribution in [0.3, 0.4) is 0 Å². The summed E-state index contributed by atoms with van der Waals surface area (Å²) in [5.41, 5.74) is 0.406. The molecule has 1 aromatic heterocycles. The third-order valence-electron chi connectivity index (χ3n) is 1.13. The van der Waals surface area contributed by atoms with Crippen molar-refractivity contribution in [2.75, 3.05) is 6.54 Å². The van der Waals surface area contributed by atoms with Crippen LogP contribution in [0.5, 0.6) is 0 Å². The van der Waals surface area contributed by atoms with E-state index in [9.17, 15) is 4.79 Å². The lowest BCUT2D eigenvalue weighted by atomic mass is 10.4. The van der Waals surface area contributed by atoms with Gasteiger partial charge in [0.25, 0.3) is 5.91 Å². The van der Waals surface area contributed by atoms with Crippen molar-refractivity contribution in [1.82, 2.24) is 14.1 Å². The summed E-state index contributed by atoms with van der Waals surface area (Å²) in [6.07, 6.45) is 2.40. The van der Waals surface area contributed by atoms with Crippen LogP contribution in [0.25, 0.3) is 0 Å². The quantitative estimate of drug-likeness (QED) is 0.727. The molecule has 0 saturated carbocycles. The standard InChI is InChI=1S/C6H9N3OS/c1-2-3-7-6(10)5-4-8-11-9-5/h4H,2-3H2,1H3,(H,7,10). The fourth-order valence-corrected chi connectivity index (χ4v) is 1.01. The molecule has 60 valence electrons. The average molecular weight is 171 g/mol. The van der Waals surface area contributed by atoms with E-state index in [0.717, 1.165) is 18.1 Å². The smallest absolute Gasteiger partial charge is 0.272 e. The molecule has 1 rings (SSSR count). The molecule has 0 unspecified atom stereocenters. The van der Waals surface area contributed by atoms with E-state index in [0.29, 0.717) is 12.2 Å². The van der Waals surface area contributed by atoms with Crippen molar-refractivity contribution in [2.24, 2.45) is 0 Å². The minimum atomic E-state index is -0.138. The lowest BCUT2D eigenvalue weighted by molar-refractivity contribution is 0.0949. The number of hydrogen-bond donors (Lipinski definition) is 1. The van der Waals surface area contributed by atoms with Gasteiger partial charge in [-0.25, -0.2) is 0 Å². The normalized spacial score (nSPS) is 9.55. The van der Waals surface area contributed by atoms with Gasteiger partial charge in [-0.3, -0.25) is 4.79 Å². The van der Waals surface area contributed by atoms with Gasteiger partial charge in [0.05, 0.1) is 17.9 Å². The predicted octanol–water partition coefficient (Wildman–Crippen LogP) is 0.678. The molecule has 1 N–H and O–H groups in total. The SMILES string of the molecule is CCCNC(=O)c1cnsn1. The third kappa shape index (κ3) is 2.27. The summed E-state index contributed by atoms with van der Waals surface area (Å²) < 4.78 is 7.51. The van der Waals surface area contributed by atoms with Crippen molar-refractivity contribution >= 4 is 17.6 Å². The molecule has 0 aromatic carbocycles. The third-order valence-corrected chi connectivity index (χ3v) is 1.61. The summed E-state index contributed by atoms with van der Waals surface area (Å²) in [7, 11) is 0. The highest BCUT2D eigenvalue weighted by Crippen LogP contribution is 1.93. The zero-order chi connectivity index (χ0) is 8.10. The topological polar surface area (TPSA) is 54.9 Å². The minimum absolute atomic E-state index is 0.138. The predicted molar refractivity (Wildman–Crippen MR) is 42.5 cm³/mol. The highest BCUT2D eigenvalue weighted by molar-refractivity contribution is 6.99. The molecule has 1 heterocycles. The van der Waals surface area contributed by atoms with Crippen LogP contribution in [0, 0.1) is 0 Å². The molecule has 0 radical (unpaired) electrons. The molecule has 0 bridgehead atoms. The Labute approximate surface area is 69.0 Å². The summed E-state index contributed by atoms with van der Waals surface area (Å²) in [4.78, 5) is 11.1. The van der Waals surface area contributed by atoms with E-state index in [1.165, 1.54) is 6.20 Å². The van der Waals surface area contributed by atoms with Crippen LogP contribution in [0.2, 0.25) is 0 Å². The van der Waals surface area contributed by atoms with Gasteiger partial charge < -0.3 is 5.32 Å². The summed E-state index contributed by atoms with van der Waals surface area (Å²) in [5, 5.41) is 2.70. The second kappa shape index (κ2) is 4.02. The first-order valence-electron chi connectivity index (χ1n) is 3.40. The van der Waals surface area contributed by atoms with Crippen LogP contribution in [0.15, 0.2) is 6.20 Å². The van der Waals surface area contributed by atoms with Gasteiger partial charge in [0, 0.05) is 6.54 Å². The van der Waals surface area contributed by atoms with Crippen molar-refractivity contribution in [2.45, 2.75) is 13.3 Å². The van der Waals surface area contributed by atoms with E-state index in [1.54, 1.807) is 0 Å². The lowest BCUT2D eigenvalue weighted by Gasteiger charge is -1.97. The van der Waals surface area contributed by atoms with Gasteiger partial charge in [0.1, 0.15) is 0 Å². The Morgan fingerprint density at radius 3 is 3.18 bits per heavy atom.